The zero-order chi connectivity index (χ0) is 17.9. The van der Waals surface area contributed by atoms with Crippen LogP contribution in [-0.2, 0) is 14.5 Å². The van der Waals surface area contributed by atoms with Gasteiger partial charge in [-0.15, -0.1) is 0 Å². The third kappa shape index (κ3) is 4.02. The Bertz CT molecular complexity index is 868. The van der Waals surface area contributed by atoms with Crippen molar-refractivity contribution in [3.8, 4) is 0 Å². The number of benzene rings is 2. The summed E-state index contributed by atoms with van der Waals surface area (Å²) in [6.45, 7) is 2.02. The second-order valence-corrected chi connectivity index (χ2v) is 12.6. The molecule has 0 aromatic heterocycles. The van der Waals surface area contributed by atoms with Gasteiger partial charge in [-0.3, -0.25) is 0 Å². The summed E-state index contributed by atoms with van der Waals surface area (Å²) in [5, 5.41) is 0. The third-order valence-corrected chi connectivity index (χ3v) is 10.1. The summed E-state index contributed by atoms with van der Waals surface area (Å²) in [6, 6.07) is 8.33. The molecule has 0 aliphatic carbocycles. The monoisotopic (exact) mass is 415 g/mol. The zero-order valence-corrected chi connectivity index (χ0v) is 15.8. The molecule has 2 aromatic rings. The second kappa shape index (κ2) is 7.45. The molecular weight excluding hydrogens is 399 g/mol. The summed E-state index contributed by atoms with van der Waals surface area (Å²) in [7, 11) is -3.71. The fourth-order valence-corrected chi connectivity index (χ4v) is 8.09. The predicted molar refractivity (Wildman–Crippen MR) is 89.3 cm³/mol. The van der Waals surface area contributed by atoms with Gasteiger partial charge in [-0.25, -0.2) is 0 Å². The van der Waals surface area contributed by atoms with Crippen LogP contribution in [0.2, 0.25) is 0 Å². The Morgan fingerprint density at radius 2 is 1.75 bits per heavy atom. The van der Waals surface area contributed by atoms with Crippen molar-refractivity contribution in [1.82, 2.24) is 0 Å². The zero-order valence-electron chi connectivity index (χ0n) is 12.8. The van der Waals surface area contributed by atoms with Crippen LogP contribution in [0.4, 0.5) is 8.78 Å². The van der Waals surface area contributed by atoms with E-state index < -0.39 is 45.8 Å². The van der Waals surface area contributed by atoms with Crippen molar-refractivity contribution < 1.29 is 22.0 Å². The Hall–Kier alpha value is -1.72. The molecule has 0 saturated carbocycles. The Morgan fingerprint density at radius 3 is 2.29 bits per heavy atom. The van der Waals surface area contributed by atoms with Crippen LogP contribution >= 0.6 is 0 Å². The van der Waals surface area contributed by atoms with Gasteiger partial charge in [0.1, 0.15) is 0 Å². The topological polar surface area (TPSA) is 77.2 Å². The van der Waals surface area contributed by atoms with E-state index in [0.717, 1.165) is 30.5 Å². The first kappa shape index (κ1) is 18.6. The van der Waals surface area contributed by atoms with Crippen LogP contribution in [0, 0.1) is 11.6 Å². The van der Waals surface area contributed by atoms with E-state index in [-0.39, 0.29) is 9.25 Å². The Morgan fingerprint density at radius 1 is 1.12 bits per heavy atom. The molecule has 4 nitrogen and oxygen atoms in total. The number of hydrogen-bond donors (Lipinski definition) is 1. The number of hydrogen-bond acceptors (Lipinski definition) is 3. The van der Waals surface area contributed by atoms with Crippen LogP contribution in [-0.4, -0.2) is 28.9 Å². The molecule has 0 spiro atoms. The molecule has 2 N–H and O–H groups in total. The number of amides is 1. The van der Waals surface area contributed by atoms with Gasteiger partial charge in [-0.05, 0) is 0 Å². The van der Waals surface area contributed by atoms with Gasteiger partial charge in [0.15, 0.2) is 0 Å². The molecule has 8 heteroatoms. The second-order valence-electron chi connectivity index (χ2n) is 5.15. The van der Waals surface area contributed by atoms with Gasteiger partial charge in [0.2, 0.25) is 0 Å². The molecule has 0 saturated heterocycles. The van der Waals surface area contributed by atoms with Crippen molar-refractivity contribution in [3.63, 3.8) is 0 Å². The third-order valence-electron chi connectivity index (χ3n) is 3.35. The van der Waals surface area contributed by atoms with Gasteiger partial charge in [-0.2, -0.15) is 0 Å². The SMILES string of the molecule is CCCc1ccc(S(=O)(=O)[AsH]c2ccc(F)c(C(N)=O)c2F)cc1. The van der Waals surface area contributed by atoms with E-state index in [9.17, 15) is 22.0 Å². The standard InChI is InChI=1S/C16H16AsF2NO3S/c1-2-3-10-4-6-11(7-5-10)24(22,23)17-12-8-9-13(18)14(15(12)19)16(20)21/h4-9,17H,2-3H2,1H3,(H2,20,21). The van der Waals surface area contributed by atoms with Gasteiger partial charge >= 0.3 is 145 Å². The number of halogens is 2. The van der Waals surface area contributed by atoms with Crippen LogP contribution < -0.4 is 10.1 Å². The number of nitrogens with two attached hydrogens (primary N) is 1. The van der Waals surface area contributed by atoms with E-state index in [1.54, 1.807) is 12.1 Å². The molecule has 0 bridgehead atoms. The molecule has 1 unspecified atom stereocenters. The van der Waals surface area contributed by atoms with Crippen LogP contribution in [0.25, 0.3) is 0 Å². The molecule has 0 heterocycles. The minimum absolute atomic E-state index is 0.0895. The molecule has 0 aliphatic heterocycles. The summed E-state index contributed by atoms with van der Waals surface area (Å²) >= 11 is -2.03. The van der Waals surface area contributed by atoms with Crippen molar-refractivity contribution in [2.45, 2.75) is 24.7 Å². The van der Waals surface area contributed by atoms with Crippen LogP contribution in [0.5, 0.6) is 0 Å². The van der Waals surface area contributed by atoms with E-state index in [0.29, 0.717) is 0 Å². The molecule has 1 atom stereocenters. The Kier molecular flexibility index (Phi) is 5.78. The average Bonchev–Trinajstić information content (AvgIpc) is 2.51. The predicted octanol–water partition coefficient (Wildman–Crippen LogP) is 1.47. The van der Waals surface area contributed by atoms with Gasteiger partial charge in [0.25, 0.3) is 0 Å². The summed E-state index contributed by atoms with van der Waals surface area (Å²) < 4.78 is 52.5. The van der Waals surface area contributed by atoms with Gasteiger partial charge in [0, 0.05) is 0 Å². The van der Waals surface area contributed by atoms with E-state index >= 15 is 0 Å². The number of carbonyl (C=O) groups is 1. The molecule has 24 heavy (non-hydrogen) atoms. The van der Waals surface area contributed by atoms with Crippen molar-refractivity contribution in [2.24, 2.45) is 5.73 Å². The number of rotatable bonds is 6. The number of carbonyl (C=O) groups excluding carboxylic acids is 1. The summed E-state index contributed by atoms with van der Waals surface area (Å²) in [5.74, 6) is -3.55. The first-order chi connectivity index (χ1) is 11.3. The van der Waals surface area contributed by atoms with E-state index in [4.69, 9.17) is 5.73 Å². The quantitative estimate of drug-likeness (QED) is 0.726. The first-order valence-electron chi connectivity index (χ1n) is 7.16. The van der Waals surface area contributed by atoms with Crippen LogP contribution in [0.15, 0.2) is 41.3 Å². The van der Waals surface area contributed by atoms with Crippen LogP contribution in [0.1, 0.15) is 29.3 Å². The molecule has 128 valence electrons. The number of aryl methyl sites for hydroxylation is 1. The molecule has 0 fully saturated rings. The van der Waals surface area contributed by atoms with E-state index in [1.165, 1.54) is 12.1 Å². The fourth-order valence-electron chi connectivity index (χ4n) is 2.18. The van der Waals surface area contributed by atoms with Crippen molar-refractivity contribution in [1.29, 1.82) is 0 Å². The normalized spacial score (nSPS) is 12.0. The molecule has 0 radical (unpaired) electrons. The average molecular weight is 415 g/mol. The maximum absolute atomic E-state index is 14.2. The first-order valence-corrected chi connectivity index (χ1v) is 12.3. The van der Waals surface area contributed by atoms with Crippen LogP contribution in [0.3, 0.4) is 0 Å². The van der Waals surface area contributed by atoms with Gasteiger partial charge in [-0.1, -0.05) is 0 Å². The fraction of sp³-hybridized carbons (Fsp3) is 0.188. The van der Waals surface area contributed by atoms with Gasteiger partial charge in [0.05, 0.1) is 0 Å². The van der Waals surface area contributed by atoms with Gasteiger partial charge < -0.3 is 0 Å². The Labute approximate surface area is 144 Å². The summed E-state index contributed by atoms with van der Waals surface area (Å²) in [4.78, 5) is 11.2. The molecule has 0 aliphatic rings. The maximum atomic E-state index is 14.2. The molecular formula is C16H16AsF2NO3S. The van der Waals surface area contributed by atoms with Crippen molar-refractivity contribution in [3.05, 3.63) is 59.2 Å². The molecule has 2 rings (SSSR count). The van der Waals surface area contributed by atoms with Crippen molar-refractivity contribution >= 4 is 33.0 Å². The minimum atomic E-state index is -3.71. The summed E-state index contributed by atoms with van der Waals surface area (Å²) in [6.07, 6.45) is 1.78. The summed E-state index contributed by atoms with van der Waals surface area (Å²) in [5.41, 5.74) is 5.07. The van der Waals surface area contributed by atoms with E-state index in [1.807, 2.05) is 6.92 Å². The van der Waals surface area contributed by atoms with E-state index in [2.05, 4.69) is 0 Å². The molecule has 2 aromatic carbocycles. The Balaban J connectivity index is 2.36. The number of primary amides is 1. The molecule has 1 amide bonds. The van der Waals surface area contributed by atoms with Crippen molar-refractivity contribution in [2.75, 3.05) is 0 Å².